The van der Waals surface area contributed by atoms with E-state index in [1.807, 2.05) is 4.90 Å². The fourth-order valence-corrected chi connectivity index (χ4v) is 2.10. The predicted octanol–water partition coefficient (Wildman–Crippen LogP) is 0.0394. The van der Waals surface area contributed by atoms with Gasteiger partial charge in [0.2, 0.25) is 0 Å². The number of carbonyl (C=O) groups is 2. The molecule has 0 unspecified atom stereocenters. The van der Waals surface area contributed by atoms with Crippen LogP contribution < -0.4 is 5.73 Å². The van der Waals surface area contributed by atoms with Crippen LogP contribution in [0.15, 0.2) is 0 Å². The van der Waals surface area contributed by atoms with Gasteiger partial charge in [0, 0.05) is 32.7 Å². The van der Waals surface area contributed by atoms with Gasteiger partial charge in [-0.2, -0.15) is 0 Å². The standard InChI is InChI=1S/C13H25N3O4/c1-13(2,3)20-12(18)16-8-7-15(6-5-14)9-10(16)11(17)19-4/h10H,5-9,14H2,1-4H3/t10-/m1/s1. The van der Waals surface area contributed by atoms with Gasteiger partial charge in [0.05, 0.1) is 7.11 Å². The average molecular weight is 287 g/mol. The molecule has 0 bridgehead atoms. The molecule has 1 aliphatic rings. The number of hydrogen-bond donors (Lipinski definition) is 1. The van der Waals surface area contributed by atoms with E-state index in [0.29, 0.717) is 32.7 Å². The van der Waals surface area contributed by atoms with Crippen LogP contribution in [0.4, 0.5) is 4.79 Å². The molecule has 1 heterocycles. The summed E-state index contributed by atoms with van der Waals surface area (Å²) in [7, 11) is 1.32. The SMILES string of the molecule is COC(=O)[C@H]1CN(CCN)CCN1C(=O)OC(C)(C)C. The van der Waals surface area contributed by atoms with Gasteiger partial charge >= 0.3 is 12.1 Å². The van der Waals surface area contributed by atoms with Crippen LogP contribution in [0.3, 0.4) is 0 Å². The molecular formula is C13H25N3O4. The Hall–Kier alpha value is -1.34. The molecule has 1 atom stereocenters. The average Bonchev–Trinajstić information content (AvgIpc) is 2.36. The minimum absolute atomic E-state index is 0.420. The molecule has 1 saturated heterocycles. The Balaban J connectivity index is 2.77. The molecular weight excluding hydrogens is 262 g/mol. The maximum atomic E-state index is 12.2. The van der Waals surface area contributed by atoms with Crippen molar-refractivity contribution in [2.45, 2.75) is 32.4 Å². The first-order valence-electron chi connectivity index (χ1n) is 6.78. The van der Waals surface area contributed by atoms with Gasteiger partial charge in [0.15, 0.2) is 0 Å². The van der Waals surface area contributed by atoms with Gasteiger partial charge in [0.1, 0.15) is 11.6 Å². The molecule has 0 spiro atoms. The summed E-state index contributed by atoms with van der Waals surface area (Å²) in [4.78, 5) is 27.5. The molecule has 1 fully saturated rings. The summed E-state index contributed by atoms with van der Waals surface area (Å²) in [6.45, 7) is 8.10. The van der Waals surface area contributed by atoms with Crippen LogP contribution in [0.5, 0.6) is 0 Å². The van der Waals surface area contributed by atoms with Gasteiger partial charge in [-0.25, -0.2) is 9.59 Å². The van der Waals surface area contributed by atoms with Crippen molar-refractivity contribution in [2.24, 2.45) is 5.73 Å². The molecule has 7 nitrogen and oxygen atoms in total. The second kappa shape index (κ2) is 6.90. The number of carbonyl (C=O) groups excluding carboxylic acids is 2. The van der Waals surface area contributed by atoms with Crippen LogP contribution in [0.2, 0.25) is 0 Å². The number of methoxy groups -OCH3 is 1. The van der Waals surface area contributed by atoms with E-state index in [-0.39, 0.29) is 0 Å². The molecule has 1 rings (SSSR count). The summed E-state index contributed by atoms with van der Waals surface area (Å²) in [5, 5.41) is 0. The third-order valence-corrected chi connectivity index (χ3v) is 3.01. The first-order valence-corrected chi connectivity index (χ1v) is 6.78. The highest BCUT2D eigenvalue weighted by Crippen LogP contribution is 2.16. The molecule has 20 heavy (non-hydrogen) atoms. The monoisotopic (exact) mass is 287 g/mol. The highest BCUT2D eigenvalue weighted by Gasteiger charge is 2.37. The first kappa shape index (κ1) is 16.7. The summed E-state index contributed by atoms with van der Waals surface area (Å²) >= 11 is 0. The number of piperazine rings is 1. The van der Waals surface area contributed by atoms with E-state index < -0.39 is 23.7 Å². The van der Waals surface area contributed by atoms with E-state index >= 15 is 0 Å². The number of hydrogen-bond acceptors (Lipinski definition) is 6. The lowest BCUT2D eigenvalue weighted by molar-refractivity contribution is -0.149. The van der Waals surface area contributed by atoms with Crippen LogP contribution in [-0.4, -0.2) is 73.3 Å². The van der Waals surface area contributed by atoms with Crippen molar-refractivity contribution < 1.29 is 19.1 Å². The number of nitrogens with zero attached hydrogens (tertiary/aromatic N) is 2. The van der Waals surface area contributed by atoms with Crippen LogP contribution >= 0.6 is 0 Å². The van der Waals surface area contributed by atoms with Gasteiger partial charge < -0.3 is 15.2 Å². The lowest BCUT2D eigenvalue weighted by atomic mass is 10.1. The molecule has 116 valence electrons. The van der Waals surface area contributed by atoms with Gasteiger partial charge in [-0.05, 0) is 20.8 Å². The zero-order valence-electron chi connectivity index (χ0n) is 12.7. The Labute approximate surface area is 120 Å². The molecule has 7 heteroatoms. The zero-order valence-corrected chi connectivity index (χ0v) is 12.7. The van der Waals surface area contributed by atoms with E-state index in [9.17, 15) is 9.59 Å². The molecule has 0 aliphatic carbocycles. The Morgan fingerprint density at radius 2 is 1.95 bits per heavy atom. The summed E-state index contributed by atoms with van der Waals surface area (Å²) in [6.07, 6.45) is -0.486. The molecule has 1 amide bonds. The number of amides is 1. The largest absolute Gasteiger partial charge is 0.467 e. The second-order valence-corrected chi connectivity index (χ2v) is 5.80. The van der Waals surface area contributed by atoms with Crippen molar-refractivity contribution >= 4 is 12.1 Å². The van der Waals surface area contributed by atoms with E-state index in [4.69, 9.17) is 15.2 Å². The maximum absolute atomic E-state index is 12.2. The van der Waals surface area contributed by atoms with E-state index in [1.54, 1.807) is 20.8 Å². The quantitative estimate of drug-likeness (QED) is 0.738. The van der Waals surface area contributed by atoms with Crippen molar-refractivity contribution in [3.05, 3.63) is 0 Å². The molecule has 0 radical (unpaired) electrons. The van der Waals surface area contributed by atoms with Crippen molar-refractivity contribution in [3.8, 4) is 0 Å². The topological polar surface area (TPSA) is 85.1 Å². The summed E-state index contributed by atoms with van der Waals surface area (Å²) < 4.78 is 10.1. The zero-order chi connectivity index (χ0) is 15.3. The number of ether oxygens (including phenoxy) is 2. The normalized spacial score (nSPS) is 20.6. The summed E-state index contributed by atoms with van der Waals surface area (Å²) in [5.74, 6) is -0.433. The molecule has 0 saturated carbocycles. The van der Waals surface area contributed by atoms with Gasteiger partial charge in [-0.3, -0.25) is 9.80 Å². The lowest BCUT2D eigenvalue weighted by Crippen LogP contribution is -2.59. The second-order valence-electron chi connectivity index (χ2n) is 5.80. The Morgan fingerprint density at radius 3 is 2.45 bits per heavy atom. The molecule has 0 aromatic rings. The van der Waals surface area contributed by atoms with E-state index in [1.165, 1.54) is 12.0 Å². The molecule has 1 aliphatic heterocycles. The summed E-state index contributed by atoms with van der Waals surface area (Å²) in [6, 6.07) is -0.643. The smallest absolute Gasteiger partial charge is 0.411 e. The van der Waals surface area contributed by atoms with Crippen molar-refractivity contribution in [1.29, 1.82) is 0 Å². The van der Waals surface area contributed by atoms with Gasteiger partial charge in [0.25, 0.3) is 0 Å². The molecule has 0 aromatic carbocycles. The number of nitrogens with two attached hydrogens (primary N) is 1. The van der Waals surface area contributed by atoms with Crippen molar-refractivity contribution in [3.63, 3.8) is 0 Å². The van der Waals surface area contributed by atoms with Gasteiger partial charge in [-0.1, -0.05) is 0 Å². The third-order valence-electron chi connectivity index (χ3n) is 3.01. The Morgan fingerprint density at radius 1 is 1.30 bits per heavy atom. The summed E-state index contributed by atoms with van der Waals surface area (Å²) in [5.41, 5.74) is 4.94. The maximum Gasteiger partial charge on any atom is 0.411 e. The van der Waals surface area contributed by atoms with Crippen molar-refractivity contribution in [2.75, 3.05) is 39.8 Å². The molecule has 2 N–H and O–H groups in total. The van der Waals surface area contributed by atoms with Crippen LogP contribution in [0.25, 0.3) is 0 Å². The third kappa shape index (κ3) is 4.64. The minimum Gasteiger partial charge on any atom is -0.467 e. The fourth-order valence-electron chi connectivity index (χ4n) is 2.10. The minimum atomic E-state index is -0.643. The molecule has 0 aromatic heterocycles. The highest BCUT2D eigenvalue weighted by molar-refractivity contribution is 5.82. The fraction of sp³-hybridized carbons (Fsp3) is 0.846. The van der Waals surface area contributed by atoms with Gasteiger partial charge in [-0.15, -0.1) is 0 Å². The Bertz CT molecular complexity index is 354. The van der Waals surface area contributed by atoms with E-state index in [0.717, 1.165) is 0 Å². The number of rotatable bonds is 3. The van der Waals surface area contributed by atoms with Crippen LogP contribution in [0, 0.1) is 0 Å². The van der Waals surface area contributed by atoms with Crippen LogP contribution in [0.1, 0.15) is 20.8 Å². The van der Waals surface area contributed by atoms with E-state index in [2.05, 4.69) is 0 Å². The van der Waals surface area contributed by atoms with Crippen molar-refractivity contribution in [1.82, 2.24) is 9.80 Å². The predicted molar refractivity (Wildman–Crippen MR) is 74.2 cm³/mol. The Kier molecular flexibility index (Phi) is 5.76. The van der Waals surface area contributed by atoms with Crippen LogP contribution in [-0.2, 0) is 14.3 Å². The lowest BCUT2D eigenvalue weighted by Gasteiger charge is -2.40. The highest BCUT2D eigenvalue weighted by atomic mass is 16.6. The first-order chi connectivity index (χ1) is 9.28. The number of esters is 1.